The fraction of sp³-hybridized carbons (Fsp3) is 0.0625. The molecule has 0 spiro atoms. The van der Waals surface area contributed by atoms with Crippen LogP contribution in [0.5, 0.6) is 5.75 Å². The second-order valence-electron chi connectivity index (χ2n) is 4.78. The van der Waals surface area contributed by atoms with Crippen LogP contribution < -0.4 is 10.1 Å². The summed E-state index contributed by atoms with van der Waals surface area (Å²) in [6.07, 6.45) is 2.39. The first-order chi connectivity index (χ1) is 11.9. The first-order valence-corrected chi connectivity index (χ1v) is 6.97. The van der Waals surface area contributed by atoms with Gasteiger partial charge in [0.1, 0.15) is 5.75 Å². The minimum absolute atomic E-state index is 0.119. The number of methoxy groups -OCH3 is 1. The zero-order valence-corrected chi connectivity index (χ0v) is 13.0. The molecule has 1 N–H and O–H groups in total. The summed E-state index contributed by atoms with van der Waals surface area (Å²) in [5.41, 5.74) is 0.0285. The number of hydrogen-bond acceptors (Lipinski definition) is 6. The van der Waals surface area contributed by atoms with Crippen molar-refractivity contribution in [3.63, 3.8) is 0 Å². The number of anilines is 1. The fourth-order valence-electron chi connectivity index (χ4n) is 2.04. The molecule has 0 unspecified atom stereocenters. The zero-order chi connectivity index (χ0) is 18.4. The molecule has 0 radical (unpaired) electrons. The van der Waals surface area contributed by atoms with E-state index >= 15 is 0 Å². The van der Waals surface area contributed by atoms with Gasteiger partial charge in [0, 0.05) is 24.3 Å². The molecule has 9 nitrogen and oxygen atoms in total. The molecule has 0 aliphatic carbocycles. The van der Waals surface area contributed by atoms with Crippen LogP contribution >= 0.6 is 0 Å². The van der Waals surface area contributed by atoms with E-state index in [2.05, 4.69) is 5.32 Å². The zero-order valence-electron chi connectivity index (χ0n) is 13.0. The van der Waals surface area contributed by atoms with Crippen molar-refractivity contribution in [2.45, 2.75) is 0 Å². The number of nitrogens with zero attached hydrogens (tertiary/aromatic N) is 2. The largest absolute Gasteiger partial charge is 0.495 e. The third-order valence-electron chi connectivity index (χ3n) is 3.20. The summed E-state index contributed by atoms with van der Waals surface area (Å²) in [4.78, 5) is 32.6. The SMILES string of the molecule is COc1ccc([N+](=O)[O-])cc1NC(=O)/C=C/c1ccccc1[N+](=O)[O-]. The Balaban J connectivity index is 2.22. The van der Waals surface area contributed by atoms with E-state index < -0.39 is 15.8 Å². The number of nitrogens with one attached hydrogen (secondary N) is 1. The molecule has 0 aromatic heterocycles. The molecule has 0 atom stereocenters. The molecule has 2 aromatic carbocycles. The number of hydrogen-bond donors (Lipinski definition) is 1. The lowest BCUT2D eigenvalue weighted by molar-refractivity contribution is -0.385. The Morgan fingerprint density at radius 2 is 1.84 bits per heavy atom. The summed E-state index contributed by atoms with van der Waals surface area (Å²) in [5, 5.41) is 24.2. The van der Waals surface area contributed by atoms with Crippen molar-refractivity contribution in [3.8, 4) is 5.75 Å². The van der Waals surface area contributed by atoms with Gasteiger partial charge in [-0.25, -0.2) is 0 Å². The van der Waals surface area contributed by atoms with E-state index in [1.165, 1.54) is 43.5 Å². The van der Waals surface area contributed by atoms with E-state index in [1.54, 1.807) is 6.07 Å². The molecule has 0 aliphatic heterocycles. The van der Waals surface area contributed by atoms with Gasteiger partial charge in [-0.3, -0.25) is 25.0 Å². The molecule has 2 rings (SSSR count). The van der Waals surface area contributed by atoms with Gasteiger partial charge in [-0.05, 0) is 18.2 Å². The lowest BCUT2D eigenvalue weighted by Crippen LogP contribution is -2.09. The van der Waals surface area contributed by atoms with Crippen LogP contribution in [-0.2, 0) is 4.79 Å². The van der Waals surface area contributed by atoms with Gasteiger partial charge < -0.3 is 10.1 Å². The van der Waals surface area contributed by atoms with Gasteiger partial charge in [-0.1, -0.05) is 12.1 Å². The van der Waals surface area contributed by atoms with E-state index in [1.807, 2.05) is 0 Å². The van der Waals surface area contributed by atoms with E-state index in [0.29, 0.717) is 0 Å². The topological polar surface area (TPSA) is 125 Å². The normalized spacial score (nSPS) is 10.4. The average molecular weight is 343 g/mol. The number of nitro groups is 2. The van der Waals surface area contributed by atoms with Gasteiger partial charge in [0.2, 0.25) is 5.91 Å². The molecule has 0 saturated heterocycles. The summed E-state index contributed by atoms with van der Waals surface area (Å²) in [6.45, 7) is 0. The minimum Gasteiger partial charge on any atom is -0.495 e. The van der Waals surface area contributed by atoms with Crippen LogP contribution in [0, 0.1) is 20.2 Å². The molecule has 0 aliphatic rings. The van der Waals surface area contributed by atoms with Crippen LogP contribution in [0.2, 0.25) is 0 Å². The summed E-state index contributed by atoms with van der Waals surface area (Å²) in [7, 11) is 1.36. The Hall–Kier alpha value is -3.75. The van der Waals surface area contributed by atoms with E-state index in [9.17, 15) is 25.0 Å². The van der Waals surface area contributed by atoms with Crippen LogP contribution in [-0.4, -0.2) is 22.9 Å². The third-order valence-corrected chi connectivity index (χ3v) is 3.20. The molecule has 0 heterocycles. The van der Waals surface area contributed by atoms with Crippen molar-refractivity contribution in [1.82, 2.24) is 0 Å². The Kier molecular flexibility index (Phi) is 5.41. The number of benzene rings is 2. The second-order valence-corrected chi connectivity index (χ2v) is 4.78. The molecule has 128 valence electrons. The van der Waals surface area contributed by atoms with Gasteiger partial charge in [0.15, 0.2) is 0 Å². The minimum atomic E-state index is -0.614. The van der Waals surface area contributed by atoms with Gasteiger partial charge in [-0.2, -0.15) is 0 Å². The summed E-state index contributed by atoms with van der Waals surface area (Å²) in [6, 6.07) is 9.71. The fourth-order valence-corrected chi connectivity index (χ4v) is 2.04. The van der Waals surface area contributed by atoms with Crippen LogP contribution in [0.25, 0.3) is 6.08 Å². The maximum Gasteiger partial charge on any atom is 0.276 e. The Labute approximate surface area is 141 Å². The van der Waals surface area contributed by atoms with Crippen molar-refractivity contribution >= 4 is 29.0 Å². The number of para-hydroxylation sites is 1. The van der Waals surface area contributed by atoms with Gasteiger partial charge in [0.05, 0.1) is 28.2 Å². The molecule has 0 saturated carbocycles. The molecular weight excluding hydrogens is 330 g/mol. The average Bonchev–Trinajstić information content (AvgIpc) is 2.60. The molecule has 0 bridgehead atoms. The Morgan fingerprint density at radius 3 is 2.48 bits per heavy atom. The highest BCUT2D eigenvalue weighted by Gasteiger charge is 2.13. The summed E-state index contributed by atoms with van der Waals surface area (Å²) < 4.78 is 5.04. The second kappa shape index (κ2) is 7.68. The number of nitro benzene ring substituents is 2. The number of carbonyl (C=O) groups excluding carboxylic acids is 1. The first-order valence-electron chi connectivity index (χ1n) is 6.97. The molecule has 25 heavy (non-hydrogen) atoms. The summed E-state index contributed by atoms with van der Waals surface area (Å²) >= 11 is 0. The smallest absolute Gasteiger partial charge is 0.276 e. The predicted molar refractivity (Wildman–Crippen MR) is 90.4 cm³/mol. The van der Waals surface area contributed by atoms with Crippen molar-refractivity contribution < 1.29 is 19.4 Å². The lowest BCUT2D eigenvalue weighted by atomic mass is 10.1. The van der Waals surface area contributed by atoms with Gasteiger partial charge in [0.25, 0.3) is 11.4 Å². The first kappa shape index (κ1) is 17.6. The van der Waals surface area contributed by atoms with E-state index in [4.69, 9.17) is 4.74 Å². The highest BCUT2D eigenvalue weighted by Crippen LogP contribution is 2.29. The van der Waals surface area contributed by atoms with Crippen LogP contribution in [0.3, 0.4) is 0 Å². The lowest BCUT2D eigenvalue weighted by Gasteiger charge is -2.08. The van der Waals surface area contributed by atoms with Crippen molar-refractivity contribution in [2.24, 2.45) is 0 Å². The highest BCUT2D eigenvalue weighted by atomic mass is 16.6. The van der Waals surface area contributed by atoms with Crippen LogP contribution in [0.15, 0.2) is 48.5 Å². The molecule has 1 amide bonds. The van der Waals surface area contributed by atoms with Crippen molar-refractivity contribution in [2.75, 3.05) is 12.4 Å². The quantitative estimate of drug-likeness (QED) is 0.488. The van der Waals surface area contributed by atoms with Crippen molar-refractivity contribution in [1.29, 1.82) is 0 Å². The van der Waals surface area contributed by atoms with Gasteiger partial charge in [-0.15, -0.1) is 0 Å². The predicted octanol–water partition coefficient (Wildman–Crippen LogP) is 3.16. The van der Waals surface area contributed by atoms with Crippen LogP contribution in [0.4, 0.5) is 17.1 Å². The monoisotopic (exact) mass is 343 g/mol. The van der Waals surface area contributed by atoms with Gasteiger partial charge >= 0.3 is 0 Å². The highest BCUT2D eigenvalue weighted by molar-refractivity contribution is 6.03. The molecule has 0 fully saturated rings. The Bertz CT molecular complexity index is 863. The number of non-ortho nitro benzene ring substituents is 1. The van der Waals surface area contributed by atoms with E-state index in [-0.39, 0.29) is 28.4 Å². The van der Waals surface area contributed by atoms with Crippen molar-refractivity contribution in [3.05, 3.63) is 74.3 Å². The van der Waals surface area contributed by atoms with E-state index in [0.717, 1.165) is 12.1 Å². The Morgan fingerprint density at radius 1 is 1.12 bits per heavy atom. The maximum atomic E-state index is 12.0. The summed E-state index contributed by atoms with van der Waals surface area (Å²) in [5.74, 6) is -0.366. The number of ether oxygens (including phenoxy) is 1. The molecule has 9 heteroatoms. The third kappa shape index (κ3) is 4.38. The molecular formula is C16H13N3O6. The maximum absolute atomic E-state index is 12.0. The number of amides is 1. The van der Waals surface area contributed by atoms with Crippen LogP contribution in [0.1, 0.15) is 5.56 Å². The molecule has 2 aromatic rings. The standard InChI is InChI=1S/C16H13N3O6/c1-25-15-8-7-12(18(21)22)10-13(15)17-16(20)9-6-11-4-2-3-5-14(11)19(23)24/h2-10H,1H3,(H,17,20)/b9-6+. The number of carbonyl (C=O) groups is 1. The number of rotatable bonds is 6.